The van der Waals surface area contributed by atoms with Crippen LogP contribution >= 0.6 is 23.2 Å². The Morgan fingerprint density at radius 3 is 2.58 bits per heavy atom. The van der Waals surface area contributed by atoms with Crippen LogP contribution in [0.1, 0.15) is 30.1 Å². The van der Waals surface area contributed by atoms with Gasteiger partial charge in [0.05, 0.1) is 28.3 Å². The third-order valence-corrected chi connectivity index (χ3v) is 8.07. The third-order valence-electron chi connectivity index (χ3n) is 6.06. The minimum Gasteiger partial charge on any atom is -0.299 e. The van der Waals surface area contributed by atoms with Gasteiger partial charge < -0.3 is 0 Å². The Morgan fingerprint density at radius 2 is 1.94 bits per heavy atom. The third kappa shape index (κ3) is 4.34. The molecule has 1 unspecified atom stereocenters. The molecule has 3 heterocycles. The SMILES string of the molecule is C=S(C)(=O)N1CCN(Cc2c(-c3ccc(Cl)cc3Cl)nc3cnc(C4CC4)cn23)CC1. The van der Waals surface area contributed by atoms with Crippen molar-refractivity contribution in [1.82, 2.24) is 23.6 Å². The van der Waals surface area contributed by atoms with Crippen molar-refractivity contribution < 1.29 is 4.21 Å². The van der Waals surface area contributed by atoms with Crippen LogP contribution in [0, 0.1) is 0 Å². The van der Waals surface area contributed by atoms with Crippen molar-refractivity contribution in [1.29, 1.82) is 0 Å². The summed E-state index contributed by atoms with van der Waals surface area (Å²) in [5, 5.41) is 1.18. The first-order valence-corrected chi connectivity index (χ1v) is 13.3. The van der Waals surface area contributed by atoms with E-state index in [1.165, 1.54) is 12.8 Å². The summed E-state index contributed by atoms with van der Waals surface area (Å²) < 4.78 is 16.4. The molecule has 1 atom stereocenters. The van der Waals surface area contributed by atoms with Crippen LogP contribution in [0.2, 0.25) is 10.0 Å². The first-order valence-electron chi connectivity index (χ1n) is 10.4. The maximum atomic E-state index is 12.3. The quantitative estimate of drug-likeness (QED) is 0.521. The predicted molar refractivity (Wildman–Crippen MR) is 128 cm³/mol. The minimum atomic E-state index is -2.16. The van der Waals surface area contributed by atoms with Gasteiger partial charge in [-0.05, 0) is 36.9 Å². The van der Waals surface area contributed by atoms with Crippen LogP contribution in [0.5, 0.6) is 0 Å². The number of hydrogen-bond donors (Lipinski definition) is 0. The fraction of sp³-hybridized carbons (Fsp3) is 0.409. The normalized spacial score (nSPS) is 20.2. The Bertz CT molecular complexity index is 1240. The number of hydrogen-bond acceptors (Lipinski definition) is 4. The molecule has 2 fully saturated rings. The van der Waals surface area contributed by atoms with E-state index < -0.39 is 9.71 Å². The summed E-state index contributed by atoms with van der Waals surface area (Å²) in [6.45, 7) is 3.84. The lowest BCUT2D eigenvalue weighted by Crippen LogP contribution is -2.47. The molecule has 1 saturated heterocycles. The lowest BCUT2D eigenvalue weighted by atomic mass is 10.1. The standard InChI is InChI=1S/C22H25Cl2N5OS/c1-31(2,30)28-9-7-27(8-10-28)14-20-22(17-6-5-16(23)11-18(17)24)26-21-12-25-19(13-29(20)21)15-3-4-15/h5-6,11-13,15H,1,3-4,7-10,14H2,2H3. The van der Waals surface area contributed by atoms with Gasteiger partial charge in [-0.2, -0.15) is 0 Å². The van der Waals surface area contributed by atoms with E-state index in [9.17, 15) is 4.21 Å². The highest BCUT2D eigenvalue weighted by Crippen LogP contribution is 2.39. The maximum absolute atomic E-state index is 12.3. The molecule has 2 aromatic heterocycles. The van der Waals surface area contributed by atoms with Gasteiger partial charge in [0, 0.05) is 71.4 Å². The Hall–Kier alpha value is -1.64. The van der Waals surface area contributed by atoms with Crippen LogP contribution in [-0.2, 0) is 16.3 Å². The van der Waals surface area contributed by atoms with Gasteiger partial charge in [-0.1, -0.05) is 23.2 Å². The number of piperazine rings is 1. The molecule has 164 valence electrons. The first kappa shape index (κ1) is 21.2. The summed E-state index contributed by atoms with van der Waals surface area (Å²) >= 11 is 12.7. The molecule has 0 amide bonds. The number of aromatic nitrogens is 3. The van der Waals surface area contributed by atoms with Crippen LogP contribution in [0.3, 0.4) is 0 Å². The Morgan fingerprint density at radius 1 is 1.19 bits per heavy atom. The molecule has 1 aliphatic heterocycles. The van der Waals surface area contributed by atoms with Crippen LogP contribution in [0.25, 0.3) is 16.9 Å². The molecule has 0 radical (unpaired) electrons. The second-order valence-corrected chi connectivity index (χ2v) is 11.8. The molecule has 0 N–H and O–H groups in total. The van der Waals surface area contributed by atoms with E-state index in [4.69, 9.17) is 28.2 Å². The second kappa shape index (κ2) is 8.05. The molecule has 3 aromatic rings. The summed E-state index contributed by atoms with van der Waals surface area (Å²) in [6.07, 6.45) is 8.09. The van der Waals surface area contributed by atoms with Crippen LogP contribution < -0.4 is 0 Å². The fourth-order valence-corrected chi connectivity index (χ4v) is 5.58. The molecule has 1 aliphatic carbocycles. The van der Waals surface area contributed by atoms with Gasteiger partial charge in [0.2, 0.25) is 0 Å². The van der Waals surface area contributed by atoms with E-state index in [1.807, 2.05) is 22.6 Å². The number of imidazole rings is 1. The van der Waals surface area contributed by atoms with Gasteiger partial charge in [0.15, 0.2) is 5.65 Å². The zero-order valence-corrected chi connectivity index (χ0v) is 19.8. The van der Waals surface area contributed by atoms with E-state index in [1.54, 1.807) is 12.3 Å². The summed E-state index contributed by atoms with van der Waals surface area (Å²) in [5.74, 6) is 4.38. The Balaban J connectivity index is 1.53. The van der Waals surface area contributed by atoms with Crippen molar-refractivity contribution in [2.24, 2.45) is 0 Å². The monoisotopic (exact) mass is 477 g/mol. The zero-order valence-electron chi connectivity index (χ0n) is 17.4. The summed E-state index contributed by atoms with van der Waals surface area (Å²) in [6, 6.07) is 5.53. The molecule has 5 rings (SSSR count). The molecule has 0 spiro atoms. The summed E-state index contributed by atoms with van der Waals surface area (Å²) in [5.41, 5.74) is 4.74. The molecular formula is C22H25Cl2N5OS. The van der Waals surface area contributed by atoms with Gasteiger partial charge in [0.25, 0.3) is 0 Å². The number of halogens is 2. The number of fused-ring (bicyclic) bond motifs is 1. The van der Waals surface area contributed by atoms with Crippen molar-refractivity contribution in [3.63, 3.8) is 0 Å². The Kier molecular flexibility index (Phi) is 5.51. The van der Waals surface area contributed by atoms with Crippen LogP contribution in [-0.4, -0.2) is 66.1 Å². The van der Waals surface area contributed by atoms with Crippen molar-refractivity contribution >= 4 is 44.4 Å². The van der Waals surface area contributed by atoms with Crippen LogP contribution in [0.4, 0.5) is 0 Å². The second-order valence-electron chi connectivity index (χ2n) is 8.51. The molecular weight excluding hydrogens is 453 g/mol. The fourth-order valence-electron chi connectivity index (χ4n) is 4.14. The van der Waals surface area contributed by atoms with E-state index >= 15 is 0 Å². The van der Waals surface area contributed by atoms with E-state index in [0.29, 0.717) is 16.0 Å². The smallest absolute Gasteiger partial charge is 0.156 e. The average Bonchev–Trinajstić information content (AvgIpc) is 3.51. The number of nitrogens with zero attached hydrogens (tertiary/aromatic N) is 5. The Labute approximate surface area is 192 Å². The summed E-state index contributed by atoms with van der Waals surface area (Å²) in [4.78, 5) is 11.9. The van der Waals surface area contributed by atoms with Gasteiger partial charge in [-0.3, -0.25) is 18.5 Å². The van der Waals surface area contributed by atoms with Gasteiger partial charge >= 0.3 is 0 Å². The van der Waals surface area contributed by atoms with Gasteiger partial charge in [0.1, 0.15) is 0 Å². The summed E-state index contributed by atoms with van der Waals surface area (Å²) in [7, 11) is -2.16. The van der Waals surface area contributed by atoms with E-state index in [-0.39, 0.29) is 0 Å². The highest BCUT2D eigenvalue weighted by Gasteiger charge is 2.28. The van der Waals surface area contributed by atoms with E-state index in [0.717, 1.165) is 61.0 Å². The van der Waals surface area contributed by atoms with Gasteiger partial charge in [-0.15, -0.1) is 0 Å². The van der Waals surface area contributed by atoms with Crippen LogP contribution in [0.15, 0.2) is 30.6 Å². The predicted octanol–water partition coefficient (Wildman–Crippen LogP) is 3.96. The highest BCUT2D eigenvalue weighted by atomic mass is 35.5. The minimum absolute atomic E-state index is 0.556. The number of rotatable bonds is 5. The molecule has 9 heteroatoms. The largest absolute Gasteiger partial charge is 0.299 e. The lowest BCUT2D eigenvalue weighted by Gasteiger charge is -2.35. The lowest BCUT2D eigenvalue weighted by molar-refractivity contribution is 0.184. The van der Waals surface area contributed by atoms with Gasteiger partial charge in [-0.25, -0.2) is 9.29 Å². The van der Waals surface area contributed by atoms with Crippen molar-refractivity contribution in [3.8, 4) is 11.3 Å². The van der Waals surface area contributed by atoms with Crippen molar-refractivity contribution in [2.75, 3.05) is 32.4 Å². The first-order chi connectivity index (χ1) is 14.8. The average molecular weight is 478 g/mol. The van der Waals surface area contributed by atoms with Crippen molar-refractivity contribution in [2.45, 2.75) is 25.3 Å². The maximum Gasteiger partial charge on any atom is 0.156 e. The zero-order chi connectivity index (χ0) is 21.8. The molecule has 2 aliphatic rings. The van der Waals surface area contributed by atoms with Crippen molar-refractivity contribution in [3.05, 3.63) is 52.0 Å². The highest BCUT2D eigenvalue weighted by molar-refractivity contribution is 7.97. The molecule has 6 nitrogen and oxygen atoms in total. The van der Waals surface area contributed by atoms with E-state index in [2.05, 4.69) is 26.4 Å². The number of benzene rings is 1. The topological polar surface area (TPSA) is 53.7 Å². The molecule has 1 aromatic carbocycles. The molecule has 0 bridgehead atoms. The molecule has 1 saturated carbocycles. The molecule has 31 heavy (non-hydrogen) atoms.